The Morgan fingerprint density at radius 1 is 1.18 bits per heavy atom. The highest BCUT2D eigenvalue weighted by Crippen LogP contribution is 2.45. The maximum absolute atomic E-state index is 11.2. The summed E-state index contributed by atoms with van der Waals surface area (Å²) >= 11 is 0. The Bertz CT molecular complexity index is 279. The Hall–Kier alpha value is -0.300. The number of aliphatic hydroxyl groups is 1. The van der Waals surface area contributed by atoms with Crippen LogP contribution in [-0.2, 0) is 0 Å². The molecule has 17 heavy (non-hydrogen) atoms. The lowest BCUT2D eigenvalue weighted by molar-refractivity contribution is -0.0372. The van der Waals surface area contributed by atoms with Crippen LogP contribution in [0.15, 0.2) is 11.6 Å². The van der Waals surface area contributed by atoms with Gasteiger partial charge in [0.15, 0.2) is 0 Å². The molecule has 0 amide bonds. The van der Waals surface area contributed by atoms with Gasteiger partial charge in [-0.05, 0) is 55.9 Å². The molecule has 0 aliphatic heterocycles. The molecule has 2 unspecified atom stereocenters. The fourth-order valence-electron chi connectivity index (χ4n) is 3.87. The predicted molar refractivity (Wildman–Crippen MR) is 72.9 cm³/mol. The highest BCUT2D eigenvalue weighted by molar-refractivity contribution is 5.21. The summed E-state index contributed by atoms with van der Waals surface area (Å²) in [6.07, 6.45) is 13.3. The largest absolute Gasteiger partial charge is 0.385 e. The Kier molecular flexibility index (Phi) is 4.30. The van der Waals surface area contributed by atoms with Gasteiger partial charge in [-0.3, -0.25) is 0 Å². The number of hydrogen-bond acceptors (Lipinski definition) is 1. The first-order valence-corrected chi connectivity index (χ1v) is 7.56. The lowest BCUT2D eigenvalue weighted by Gasteiger charge is -2.44. The average Bonchev–Trinajstić information content (AvgIpc) is 2.58. The van der Waals surface area contributed by atoms with Crippen molar-refractivity contribution in [3.05, 3.63) is 11.6 Å². The first kappa shape index (κ1) is 13.1. The summed E-state index contributed by atoms with van der Waals surface area (Å²) in [5.41, 5.74) is 0.921. The standard InChI is InChI=1S/C16H28O/c1-13(2)15-11-7-8-12-16(15,17)14-9-5-3-4-6-10-14/h9,13,15,17H,3-8,10-12H2,1-2H3. The minimum Gasteiger partial charge on any atom is -0.385 e. The van der Waals surface area contributed by atoms with Crippen molar-refractivity contribution in [3.63, 3.8) is 0 Å². The van der Waals surface area contributed by atoms with Gasteiger partial charge in [0.1, 0.15) is 0 Å². The van der Waals surface area contributed by atoms with E-state index in [0.29, 0.717) is 11.8 Å². The number of allylic oxidation sites excluding steroid dienone is 1. The molecule has 2 atom stereocenters. The molecule has 0 aromatic rings. The summed E-state index contributed by atoms with van der Waals surface area (Å²) < 4.78 is 0. The fraction of sp³-hybridized carbons (Fsp3) is 0.875. The molecule has 0 aromatic carbocycles. The van der Waals surface area contributed by atoms with E-state index in [-0.39, 0.29) is 0 Å². The Balaban J connectivity index is 2.20. The molecule has 1 saturated carbocycles. The molecule has 0 heterocycles. The Labute approximate surface area is 106 Å². The molecule has 0 radical (unpaired) electrons. The van der Waals surface area contributed by atoms with Gasteiger partial charge >= 0.3 is 0 Å². The van der Waals surface area contributed by atoms with Crippen molar-refractivity contribution in [1.82, 2.24) is 0 Å². The van der Waals surface area contributed by atoms with Crippen molar-refractivity contribution in [1.29, 1.82) is 0 Å². The molecule has 1 heteroatoms. The molecule has 2 aliphatic rings. The van der Waals surface area contributed by atoms with E-state index in [2.05, 4.69) is 19.9 Å². The van der Waals surface area contributed by atoms with Crippen molar-refractivity contribution >= 4 is 0 Å². The molecule has 1 nitrogen and oxygen atoms in total. The van der Waals surface area contributed by atoms with E-state index < -0.39 is 5.60 Å². The maximum Gasteiger partial charge on any atom is 0.0887 e. The Morgan fingerprint density at radius 2 is 2.00 bits per heavy atom. The predicted octanol–water partition coefficient (Wildman–Crippen LogP) is 4.45. The number of hydrogen-bond donors (Lipinski definition) is 1. The van der Waals surface area contributed by atoms with E-state index in [1.54, 1.807) is 0 Å². The first-order valence-electron chi connectivity index (χ1n) is 7.56. The van der Waals surface area contributed by atoms with Crippen molar-refractivity contribution < 1.29 is 5.11 Å². The highest BCUT2D eigenvalue weighted by Gasteiger charge is 2.42. The van der Waals surface area contributed by atoms with Crippen LogP contribution >= 0.6 is 0 Å². The summed E-state index contributed by atoms with van der Waals surface area (Å²) in [4.78, 5) is 0. The second-order valence-electron chi connectivity index (χ2n) is 6.35. The van der Waals surface area contributed by atoms with Crippen LogP contribution in [0.1, 0.15) is 71.6 Å². The van der Waals surface area contributed by atoms with Crippen molar-refractivity contribution in [2.24, 2.45) is 11.8 Å². The summed E-state index contributed by atoms with van der Waals surface area (Å²) in [6.45, 7) is 4.55. The maximum atomic E-state index is 11.2. The second kappa shape index (κ2) is 5.56. The zero-order valence-corrected chi connectivity index (χ0v) is 11.5. The third-order valence-electron chi connectivity index (χ3n) is 4.84. The fourth-order valence-corrected chi connectivity index (χ4v) is 3.87. The molecule has 1 fully saturated rings. The van der Waals surface area contributed by atoms with Gasteiger partial charge in [0.25, 0.3) is 0 Å². The molecular weight excluding hydrogens is 208 g/mol. The van der Waals surface area contributed by atoms with Crippen LogP contribution in [0.25, 0.3) is 0 Å². The highest BCUT2D eigenvalue weighted by atomic mass is 16.3. The van der Waals surface area contributed by atoms with E-state index in [9.17, 15) is 5.11 Å². The topological polar surface area (TPSA) is 20.2 Å². The van der Waals surface area contributed by atoms with Gasteiger partial charge in [-0.1, -0.05) is 39.2 Å². The van der Waals surface area contributed by atoms with Gasteiger partial charge in [0, 0.05) is 0 Å². The van der Waals surface area contributed by atoms with Crippen molar-refractivity contribution in [2.75, 3.05) is 0 Å². The van der Waals surface area contributed by atoms with Crippen LogP contribution in [0, 0.1) is 11.8 Å². The van der Waals surface area contributed by atoms with E-state index in [1.165, 1.54) is 50.5 Å². The van der Waals surface area contributed by atoms with Crippen LogP contribution in [0.5, 0.6) is 0 Å². The average molecular weight is 236 g/mol. The van der Waals surface area contributed by atoms with E-state index >= 15 is 0 Å². The Morgan fingerprint density at radius 3 is 2.76 bits per heavy atom. The molecule has 98 valence electrons. The minimum absolute atomic E-state index is 0.462. The molecule has 0 saturated heterocycles. The summed E-state index contributed by atoms with van der Waals surface area (Å²) in [6, 6.07) is 0. The second-order valence-corrected chi connectivity index (χ2v) is 6.35. The third kappa shape index (κ3) is 2.76. The zero-order chi connectivity index (χ0) is 12.3. The third-order valence-corrected chi connectivity index (χ3v) is 4.84. The van der Waals surface area contributed by atoms with Crippen LogP contribution in [-0.4, -0.2) is 10.7 Å². The lowest BCUT2D eigenvalue weighted by Crippen LogP contribution is -2.45. The van der Waals surface area contributed by atoms with E-state index in [0.717, 1.165) is 12.8 Å². The molecular formula is C16H28O. The van der Waals surface area contributed by atoms with Gasteiger partial charge in [0.05, 0.1) is 5.60 Å². The quantitative estimate of drug-likeness (QED) is 0.702. The van der Waals surface area contributed by atoms with Crippen LogP contribution < -0.4 is 0 Å². The monoisotopic (exact) mass is 236 g/mol. The van der Waals surface area contributed by atoms with Crippen molar-refractivity contribution in [2.45, 2.75) is 77.2 Å². The van der Waals surface area contributed by atoms with Crippen molar-refractivity contribution in [3.8, 4) is 0 Å². The van der Waals surface area contributed by atoms with Gasteiger partial charge < -0.3 is 5.11 Å². The molecule has 1 N–H and O–H groups in total. The van der Waals surface area contributed by atoms with Crippen LogP contribution in [0.4, 0.5) is 0 Å². The van der Waals surface area contributed by atoms with Gasteiger partial charge in [-0.15, -0.1) is 0 Å². The molecule has 2 rings (SSSR count). The van der Waals surface area contributed by atoms with Crippen LogP contribution in [0.3, 0.4) is 0 Å². The summed E-state index contributed by atoms with van der Waals surface area (Å²) in [7, 11) is 0. The summed E-state index contributed by atoms with van der Waals surface area (Å²) in [5.74, 6) is 1.09. The van der Waals surface area contributed by atoms with E-state index in [1.807, 2.05) is 0 Å². The molecule has 0 bridgehead atoms. The van der Waals surface area contributed by atoms with Gasteiger partial charge in [-0.25, -0.2) is 0 Å². The van der Waals surface area contributed by atoms with Gasteiger partial charge in [-0.2, -0.15) is 0 Å². The van der Waals surface area contributed by atoms with E-state index in [4.69, 9.17) is 0 Å². The lowest BCUT2D eigenvalue weighted by atomic mass is 9.66. The number of rotatable bonds is 2. The zero-order valence-electron chi connectivity index (χ0n) is 11.5. The van der Waals surface area contributed by atoms with Gasteiger partial charge in [0.2, 0.25) is 0 Å². The van der Waals surface area contributed by atoms with Crippen LogP contribution in [0.2, 0.25) is 0 Å². The SMILES string of the molecule is CC(C)C1CCCCC1(O)C1=CCCCCC1. The minimum atomic E-state index is -0.462. The summed E-state index contributed by atoms with van der Waals surface area (Å²) in [5, 5.41) is 11.2. The molecule has 0 aromatic heterocycles. The first-order chi connectivity index (χ1) is 8.14. The molecule has 2 aliphatic carbocycles. The smallest absolute Gasteiger partial charge is 0.0887 e. The normalized spacial score (nSPS) is 35.5. The molecule has 0 spiro atoms.